The Morgan fingerprint density at radius 3 is 2.33 bits per heavy atom. The van der Waals surface area contributed by atoms with Gasteiger partial charge in [0.05, 0.1) is 11.0 Å². The summed E-state index contributed by atoms with van der Waals surface area (Å²) in [6.07, 6.45) is 4.44. The Morgan fingerprint density at radius 2 is 1.92 bits per heavy atom. The van der Waals surface area contributed by atoms with E-state index in [1.165, 1.54) is 0 Å². The number of nitrogens with two attached hydrogens (primary N) is 1. The summed E-state index contributed by atoms with van der Waals surface area (Å²) in [5, 5.41) is -0.0140. The van der Waals surface area contributed by atoms with Crippen molar-refractivity contribution in [1.82, 2.24) is 0 Å². The molecule has 2 saturated carbocycles. The van der Waals surface area contributed by atoms with E-state index in [1.807, 2.05) is 0 Å². The van der Waals surface area contributed by atoms with Gasteiger partial charge in [0.15, 0.2) is 9.84 Å². The molecule has 0 radical (unpaired) electrons. The molecule has 2 fully saturated rings. The standard InChI is InChI=1S/C8H15NO2S/c9-8(3-4-8)5-6-12(10,11)7-1-2-7/h7H,1-6,9H2. The lowest BCUT2D eigenvalue weighted by atomic mass is 10.2. The molecule has 0 amide bonds. The van der Waals surface area contributed by atoms with Crippen LogP contribution in [0.2, 0.25) is 0 Å². The number of sulfone groups is 1. The van der Waals surface area contributed by atoms with Crippen LogP contribution in [0.1, 0.15) is 32.1 Å². The first-order valence-electron chi connectivity index (χ1n) is 4.52. The predicted molar refractivity (Wildman–Crippen MR) is 47.6 cm³/mol. The lowest BCUT2D eigenvalue weighted by Gasteiger charge is -2.07. The van der Waals surface area contributed by atoms with Crippen LogP contribution in [-0.2, 0) is 9.84 Å². The second-order valence-corrected chi connectivity index (χ2v) is 6.58. The van der Waals surface area contributed by atoms with E-state index in [2.05, 4.69) is 0 Å². The van der Waals surface area contributed by atoms with Gasteiger partial charge in [-0.3, -0.25) is 0 Å². The number of hydrogen-bond acceptors (Lipinski definition) is 3. The molecule has 70 valence electrons. The highest BCUT2D eigenvalue weighted by Crippen LogP contribution is 2.37. The molecule has 0 aliphatic heterocycles. The zero-order valence-corrected chi connectivity index (χ0v) is 7.94. The van der Waals surface area contributed by atoms with Crippen LogP contribution in [0.3, 0.4) is 0 Å². The van der Waals surface area contributed by atoms with E-state index >= 15 is 0 Å². The fourth-order valence-electron chi connectivity index (χ4n) is 1.35. The van der Waals surface area contributed by atoms with Crippen molar-refractivity contribution in [2.45, 2.75) is 42.9 Å². The van der Waals surface area contributed by atoms with Gasteiger partial charge >= 0.3 is 0 Å². The fourth-order valence-corrected chi connectivity index (χ4v) is 3.23. The lowest BCUT2D eigenvalue weighted by Crippen LogP contribution is -2.26. The van der Waals surface area contributed by atoms with E-state index < -0.39 is 9.84 Å². The molecule has 0 unspecified atom stereocenters. The molecular weight excluding hydrogens is 174 g/mol. The zero-order chi connectivity index (χ0) is 8.82. The third kappa shape index (κ3) is 1.80. The Labute approximate surface area is 73.2 Å². The molecule has 2 aliphatic carbocycles. The number of rotatable bonds is 4. The summed E-state index contributed by atoms with van der Waals surface area (Å²) in [6, 6.07) is 0. The van der Waals surface area contributed by atoms with Crippen LogP contribution in [-0.4, -0.2) is 25.0 Å². The molecule has 0 aromatic heterocycles. The third-order valence-corrected chi connectivity index (χ3v) is 5.07. The van der Waals surface area contributed by atoms with Gasteiger partial charge in [0.2, 0.25) is 0 Å². The SMILES string of the molecule is NC1(CCS(=O)(=O)C2CC2)CC1. The highest BCUT2D eigenvalue weighted by Gasteiger charge is 2.42. The summed E-state index contributed by atoms with van der Waals surface area (Å²) in [4.78, 5) is 0. The Bertz CT molecular complexity index is 275. The van der Waals surface area contributed by atoms with Gasteiger partial charge in [0.1, 0.15) is 0 Å². The molecule has 3 nitrogen and oxygen atoms in total. The van der Waals surface area contributed by atoms with E-state index in [0.717, 1.165) is 25.7 Å². The van der Waals surface area contributed by atoms with Crippen molar-refractivity contribution in [3.63, 3.8) is 0 Å². The van der Waals surface area contributed by atoms with E-state index in [9.17, 15) is 8.42 Å². The fraction of sp³-hybridized carbons (Fsp3) is 1.00. The van der Waals surface area contributed by atoms with Crippen molar-refractivity contribution in [2.75, 3.05) is 5.75 Å². The Morgan fingerprint density at radius 1 is 1.33 bits per heavy atom. The Kier molecular flexibility index (Phi) is 1.74. The monoisotopic (exact) mass is 189 g/mol. The van der Waals surface area contributed by atoms with Crippen molar-refractivity contribution < 1.29 is 8.42 Å². The Hall–Kier alpha value is -0.0900. The molecular formula is C8H15NO2S. The first kappa shape index (κ1) is 8.51. The smallest absolute Gasteiger partial charge is 0.153 e. The molecule has 4 heteroatoms. The largest absolute Gasteiger partial charge is 0.325 e. The van der Waals surface area contributed by atoms with Gasteiger partial charge in [-0.15, -0.1) is 0 Å². The molecule has 0 aromatic carbocycles. The van der Waals surface area contributed by atoms with Crippen LogP contribution in [0.15, 0.2) is 0 Å². The molecule has 2 aliphatic rings. The first-order valence-corrected chi connectivity index (χ1v) is 6.24. The van der Waals surface area contributed by atoms with Crippen molar-refractivity contribution in [1.29, 1.82) is 0 Å². The van der Waals surface area contributed by atoms with Crippen molar-refractivity contribution in [2.24, 2.45) is 5.73 Å². The quantitative estimate of drug-likeness (QED) is 0.698. The maximum absolute atomic E-state index is 11.4. The van der Waals surface area contributed by atoms with E-state index in [1.54, 1.807) is 0 Å². The minimum Gasteiger partial charge on any atom is -0.325 e. The summed E-state index contributed by atoms with van der Waals surface area (Å²) < 4.78 is 22.8. The highest BCUT2D eigenvalue weighted by atomic mass is 32.2. The Balaban J connectivity index is 1.85. The van der Waals surface area contributed by atoms with Gasteiger partial charge in [-0.2, -0.15) is 0 Å². The summed E-state index contributed by atoms with van der Waals surface area (Å²) in [7, 11) is -2.76. The maximum Gasteiger partial charge on any atom is 0.153 e. The van der Waals surface area contributed by atoms with Gasteiger partial charge in [0.25, 0.3) is 0 Å². The van der Waals surface area contributed by atoms with Crippen molar-refractivity contribution in [3.8, 4) is 0 Å². The van der Waals surface area contributed by atoms with Gasteiger partial charge in [-0.1, -0.05) is 0 Å². The second kappa shape index (κ2) is 2.45. The van der Waals surface area contributed by atoms with Crippen LogP contribution >= 0.6 is 0 Å². The molecule has 0 spiro atoms. The maximum atomic E-state index is 11.4. The van der Waals surface area contributed by atoms with Crippen molar-refractivity contribution in [3.05, 3.63) is 0 Å². The third-order valence-electron chi connectivity index (χ3n) is 2.81. The lowest BCUT2D eigenvalue weighted by molar-refractivity contribution is 0.578. The molecule has 12 heavy (non-hydrogen) atoms. The van der Waals surface area contributed by atoms with Crippen molar-refractivity contribution >= 4 is 9.84 Å². The van der Waals surface area contributed by atoms with E-state index in [0.29, 0.717) is 12.2 Å². The summed E-state index contributed by atoms with van der Waals surface area (Å²) in [5.74, 6) is 0.314. The molecule has 0 saturated heterocycles. The summed E-state index contributed by atoms with van der Waals surface area (Å²) in [6.45, 7) is 0. The van der Waals surface area contributed by atoms with Gasteiger partial charge in [0, 0.05) is 5.54 Å². The van der Waals surface area contributed by atoms with Gasteiger partial charge in [-0.25, -0.2) is 8.42 Å². The molecule has 0 atom stereocenters. The van der Waals surface area contributed by atoms with E-state index in [4.69, 9.17) is 5.73 Å². The molecule has 0 heterocycles. The van der Waals surface area contributed by atoms with Gasteiger partial charge < -0.3 is 5.73 Å². The highest BCUT2D eigenvalue weighted by molar-refractivity contribution is 7.92. The first-order chi connectivity index (χ1) is 5.52. The van der Waals surface area contributed by atoms with Gasteiger partial charge in [-0.05, 0) is 32.1 Å². The van der Waals surface area contributed by atoms with E-state index in [-0.39, 0.29) is 10.8 Å². The molecule has 2 rings (SSSR count). The average Bonchev–Trinajstić information content (AvgIpc) is 2.78. The minimum absolute atomic E-state index is 0.0140. The minimum atomic E-state index is -2.76. The van der Waals surface area contributed by atoms with Crippen LogP contribution in [0.4, 0.5) is 0 Å². The normalized spacial score (nSPS) is 27.1. The van der Waals surface area contributed by atoms with Crippen LogP contribution in [0.25, 0.3) is 0 Å². The zero-order valence-electron chi connectivity index (χ0n) is 7.12. The topological polar surface area (TPSA) is 60.2 Å². The van der Waals surface area contributed by atoms with Crippen LogP contribution < -0.4 is 5.73 Å². The summed E-state index contributed by atoms with van der Waals surface area (Å²) in [5.41, 5.74) is 5.70. The van der Waals surface area contributed by atoms with Crippen LogP contribution in [0, 0.1) is 0 Å². The molecule has 0 bridgehead atoms. The summed E-state index contributed by atoms with van der Waals surface area (Å²) >= 11 is 0. The number of hydrogen-bond donors (Lipinski definition) is 1. The molecule has 2 N–H and O–H groups in total. The van der Waals surface area contributed by atoms with Crippen LogP contribution in [0.5, 0.6) is 0 Å². The molecule has 0 aromatic rings. The average molecular weight is 189 g/mol. The predicted octanol–water partition coefficient (Wildman–Crippen LogP) is 0.445. The second-order valence-electron chi connectivity index (χ2n) is 4.18.